The summed E-state index contributed by atoms with van der Waals surface area (Å²) in [5.74, 6) is 0.188. The molecule has 1 atom stereocenters. The summed E-state index contributed by atoms with van der Waals surface area (Å²) >= 11 is 1.55. The van der Waals surface area contributed by atoms with Crippen molar-refractivity contribution in [3.05, 3.63) is 51.9 Å². The summed E-state index contributed by atoms with van der Waals surface area (Å²) in [4.78, 5) is 26.5. The van der Waals surface area contributed by atoms with Crippen molar-refractivity contribution < 1.29 is 14.3 Å². The van der Waals surface area contributed by atoms with Gasteiger partial charge < -0.3 is 10.1 Å². The number of esters is 1. The van der Waals surface area contributed by atoms with E-state index in [9.17, 15) is 9.59 Å². The van der Waals surface area contributed by atoms with Crippen LogP contribution in [0.25, 0.3) is 0 Å². The molecule has 29 heavy (non-hydrogen) atoms. The summed E-state index contributed by atoms with van der Waals surface area (Å²) in [6.45, 7) is 8.96. The lowest BCUT2D eigenvalue weighted by molar-refractivity contribution is -0.116. The van der Waals surface area contributed by atoms with E-state index in [2.05, 4.69) is 26.1 Å². The zero-order chi connectivity index (χ0) is 21.0. The van der Waals surface area contributed by atoms with E-state index in [0.717, 1.165) is 30.4 Å². The average Bonchev–Trinajstić information content (AvgIpc) is 3.03. The van der Waals surface area contributed by atoms with Crippen LogP contribution in [-0.2, 0) is 28.8 Å². The van der Waals surface area contributed by atoms with Crippen LogP contribution in [0.15, 0.2) is 30.3 Å². The first-order chi connectivity index (χ1) is 13.8. The molecule has 1 amide bonds. The van der Waals surface area contributed by atoms with Gasteiger partial charge in [-0.25, -0.2) is 4.79 Å². The minimum Gasteiger partial charge on any atom is -0.462 e. The fraction of sp³-hybridized carbons (Fsp3) is 0.500. The monoisotopic (exact) mass is 413 g/mol. The predicted octanol–water partition coefficient (Wildman–Crippen LogP) is 5.65. The largest absolute Gasteiger partial charge is 0.462 e. The van der Waals surface area contributed by atoms with Crippen molar-refractivity contribution in [1.29, 1.82) is 0 Å². The number of thiophene rings is 1. The van der Waals surface area contributed by atoms with E-state index in [1.807, 2.05) is 37.3 Å². The van der Waals surface area contributed by atoms with E-state index in [-0.39, 0.29) is 17.3 Å². The highest BCUT2D eigenvalue weighted by molar-refractivity contribution is 7.17. The van der Waals surface area contributed by atoms with Gasteiger partial charge in [-0.05, 0) is 55.1 Å². The normalized spacial score (nSPS) is 16.2. The van der Waals surface area contributed by atoms with Crippen LogP contribution in [0.3, 0.4) is 0 Å². The van der Waals surface area contributed by atoms with E-state index in [1.165, 1.54) is 4.88 Å². The lowest BCUT2D eigenvalue weighted by Crippen LogP contribution is -2.26. The smallest absolute Gasteiger partial charge is 0.341 e. The summed E-state index contributed by atoms with van der Waals surface area (Å²) in [5, 5.41) is 3.66. The number of hydrogen-bond donors (Lipinski definition) is 1. The van der Waals surface area contributed by atoms with Gasteiger partial charge in [0.1, 0.15) is 5.00 Å². The Morgan fingerprint density at radius 2 is 1.93 bits per heavy atom. The highest BCUT2D eigenvalue weighted by Gasteiger charge is 2.34. The Bertz CT molecular complexity index is 864. The second-order valence-electron chi connectivity index (χ2n) is 8.77. The quantitative estimate of drug-likeness (QED) is 0.623. The second kappa shape index (κ2) is 9.12. The number of aryl methyl sites for hydroxylation is 1. The molecule has 1 aromatic heterocycles. The third-order valence-corrected chi connectivity index (χ3v) is 6.88. The van der Waals surface area contributed by atoms with Gasteiger partial charge in [-0.15, -0.1) is 11.3 Å². The number of amides is 1. The van der Waals surface area contributed by atoms with Crippen molar-refractivity contribution in [1.82, 2.24) is 0 Å². The molecule has 1 heterocycles. The number of rotatable bonds is 6. The van der Waals surface area contributed by atoms with Gasteiger partial charge in [0.05, 0.1) is 12.2 Å². The molecule has 1 N–H and O–H groups in total. The Labute approximate surface area is 177 Å². The van der Waals surface area contributed by atoms with Crippen molar-refractivity contribution in [2.45, 2.75) is 59.8 Å². The van der Waals surface area contributed by atoms with Gasteiger partial charge in [0.2, 0.25) is 5.91 Å². The first-order valence-corrected chi connectivity index (χ1v) is 11.3. The van der Waals surface area contributed by atoms with E-state index < -0.39 is 0 Å². The zero-order valence-electron chi connectivity index (χ0n) is 17.8. The van der Waals surface area contributed by atoms with Crippen LogP contribution in [0.1, 0.15) is 66.9 Å². The van der Waals surface area contributed by atoms with Crippen LogP contribution in [0.2, 0.25) is 0 Å². The Kier molecular flexibility index (Phi) is 6.78. The maximum Gasteiger partial charge on any atom is 0.341 e. The molecule has 1 aliphatic carbocycles. The van der Waals surface area contributed by atoms with Crippen molar-refractivity contribution in [2.75, 3.05) is 11.9 Å². The van der Waals surface area contributed by atoms with Crippen molar-refractivity contribution >= 4 is 28.2 Å². The van der Waals surface area contributed by atoms with Crippen LogP contribution in [-0.4, -0.2) is 18.5 Å². The van der Waals surface area contributed by atoms with Crippen LogP contribution in [0, 0.1) is 11.3 Å². The third kappa shape index (κ3) is 5.27. The van der Waals surface area contributed by atoms with Crippen molar-refractivity contribution in [3.8, 4) is 0 Å². The van der Waals surface area contributed by atoms with Gasteiger partial charge in [0, 0.05) is 11.3 Å². The highest BCUT2D eigenvalue weighted by atomic mass is 32.1. The molecule has 1 aromatic carbocycles. The Morgan fingerprint density at radius 3 is 2.59 bits per heavy atom. The SMILES string of the molecule is CCOC(=O)c1c(NC(=O)CCc2ccccc2)sc2c1CC[C@@H](C(C)(C)C)C2. The molecule has 3 rings (SSSR count). The van der Waals surface area contributed by atoms with Crippen LogP contribution < -0.4 is 5.32 Å². The molecule has 156 valence electrons. The molecule has 0 radical (unpaired) electrons. The van der Waals surface area contributed by atoms with Gasteiger partial charge in [-0.3, -0.25) is 4.79 Å². The maximum absolute atomic E-state index is 12.7. The second-order valence-corrected chi connectivity index (χ2v) is 9.87. The van der Waals surface area contributed by atoms with Crippen molar-refractivity contribution in [2.24, 2.45) is 11.3 Å². The molecule has 0 unspecified atom stereocenters. The van der Waals surface area contributed by atoms with Gasteiger partial charge in [-0.1, -0.05) is 51.1 Å². The molecule has 0 fully saturated rings. The maximum atomic E-state index is 12.7. The van der Waals surface area contributed by atoms with Crippen LogP contribution in [0.4, 0.5) is 5.00 Å². The molecular formula is C24H31NO3S. The summed E-state index contributed by atoms with van der Waals surface area (Å²) < 4.78 is 5.31. The predicted molar refractivity (Wildman–Crippen MR) is 119 cm³/mol. The molecule has 0 saturated heterocycles. The van der Waals surface area contributed by atoms with Gasteiger partial charge >= 0.3 is 5.97 Å². The number of carbonyl (C=O) groups excluding carboxylic acids is 2. The highest BCUT2D eigenvalue weighted by Crippen LogP contribution is 2.44. The first-order valence-electron chi connectivity index (χ1n) is 10.4. The lowest BCUT2D eigenvalue weighted by atomic mass is 9.72. The molecule has 1 aliphatic rings. The molecule has 0 spiro atoms. The van der Waals surface area contributed by atoms with Gasteiger partial charge in [-0.2, -0.15) is 0 Å². The van der Waals surface area contributed by atoms with E-state index >= 15 is 0 Å². The molecule has 0 bridgehead atoms. The van der Waals surface area contributed by atoms with Crippen LogP contribution >= 0.6 is 11.3 Å². The number of carbonyl (C=O) groups is 2. The first kappa shape index (κ1) is 21.6. The van der Waals surface area contributed by atoms with E-state index in [0.29, 0.717) is 35.9 Å². The summed E-state index contributed by atoms with van der Waals surface area (Å²) in [7, 11) is 0. The number of hydrogen-bond acceptors (Lipinski definition) is 4. The van der Waals surface area contributed by atoms with E-state index in [1.54, 1.807) is 11.3 Å². The minimum atomic E-state index is -0.322. The standard InChI is InChI=1S/C24H31NO3S/c1-5-28-23(27)21-18-13-12-17(24(2,3)4)15-19(18)29-22(21)25-20(26)14-11-16-9-7-6-8-10-16/h6-10,17H,5,11-15H2,1-4H3,(H,25,26)/t17-/m1/s1. The third-order valence-electron chi connectivity index (χ3n) is 5.71. The number of fused-ring (bicyclic) bond motifs is 1. The Hall–Kier alpha value is -2.14. The number of nitrogens with one attached hydrogen (secondary N) is 1. The number of ether oxygens (including phenoxy) is 1. The van der Waals surface area contributed by atoms with Crippen LogP contribution in [0.5, 0.6) is 0 Å². The minimum absolute atomic E-state index is 0.0645. The average molecular weight is 414 g/mol. The molecule has 0 aliphatic heterocycles. The molecule has 0 saturated carbocycles. The summed E-state index contributed by atoms with van der Waals surface area (Å²) in [5.41, 5.74) is 3.01. The van der Waals surface area contributed by atoms with Gasteiger partial charge in [0.15, 0.2) is 0 Å². The van der Waals surface area contributed by atoms with Crippen molar-refractivity contribution in [3.63, 3.8) is 0 Å². The summed E-state index contributed by atoms with van der Waals surface area (Å²) in [6.07, 6.45) is 3.94. The lowest BCUT2D eigenvalue weighted by Gasteiger charge is -2.33. The molecular weight excluding hydrogens is 382 g/mol. The fourth-order valence-corrected chi connectivity index (χ4v) is 5.26. The zero-order valence-corrected chi connectivity index (χ0v) is 18.7. The number of anilines is 1. The van der Waals surface area contributed by atoms with Gasteiger partial charge in [0.25, 0.3) is 0 Å². The number of benzene rings is 1. The molecule has 2 aromatic rings. The topological polar surface area (TPSA) is 55.4 Å². The molecule has 5 heteroatoms. The Morgan fingerprint density at radius 1 is 1.21 bits per heavy atom. The fourth-order valence-electron chi connectivity index (χ4n) is 3.92. The Balaban J connectivity index is 1.79. The molecule has 4 nitrogen and oxygen atoms in total. The summed E-state index contributed by atoms with van der Waals surface area (Å²) in [6, 6.07) is 9.97. The van der Waals surface area contributed by atoms with E-state index in [4.69, 9.17) is 4.74 Å².